The average Bonchev–Trinajstić information content (AvgIpc) is 2.46. The van der Waals surface area contributed by atoms with Crippen LogP contribution in [-0.2, 0) is 6.61 Å². The lowest BCUT2D eigenvalue weighted by atomic mass is 10.1. The van der Waals surface area contributed by atoms with E-state index in [1.807, 2.05) is 30.3 Å². The van der Waals surface area contributed by atoms with Crippen molar-refractivity contribution in [3.05, 3.63) is 63.6 Å². The summed E-state index contributed by atoms with van der Waals surface area (Å²) in [6.45, 7) is 2.41. The van der Waals surface area contributed by atoms with Gasteiger partial charge in [-0.15, -0.1) is 0 Å². The van der Waals surface area contributed by atoms with E-state index in [2.05, 4.69) is 6.92 Å². The highest BCUT2D eigenvalue weighted by atomic mass is 35.5. The van der Waals surface area contributed by atoms with Gasteiger partial charge in [0.1, 0.15) is 12.4 Å². The Hall–Kier alpha value is -1.22. The highest BCUT2D eigenvalue weighted by molar-refractivity contribution is 6.35. The lowest BCUT2D eigenvalue weighted by molar-refractivity contribution is 0.306. The van der Waals surface area contributed by atoms with Crippen LogP contribution >= 0.6 is 23.2 Å². The summed E-state index contributed by atoms with van der Waals surface area (Å²) >= 11 is 12.2. The first kappa shape index (κ1) is 15.2. The zero-order valence-corrected chi connectivity index (χ0v) is 12.8. The van der Waals surface area contributed by atoms with E-state index >= 15 is 0 Å². The molecule has 0 amide bonds. The van der Waals surface area contributed by atoms with Gasteiger partial charge in [-0.25, -0.2) is 0 Å². The van der Waals surface area contributed by atoms with Crippen LogP contribution in [0.3, 0.4) is 0 Å². The van der Waals surface area contributed by atoms with E-state index < -0.39 is 0 Å². The van der Waals surface area contributed by atoms with Gasteiger partial charge in [-0.3, -0.25) is 0 Å². The van der Waals surface area contributed by atoms with Gasteiger partial charge in [0.05, 0.1) is 0 Å². The van der Waals surface area contributed by atoms with Crippen molar-refractivity contribution >= 4 is 23.2 Å². The fourth-order valence-corrected chi connectivity index (χ4v) is 2.38. The van der Waals surface area contributed by atoms with E-state index in [-0.39, 0.29) is 6.04 Å². The summed E-state index contributed by atoms with van der Waals surface area (Å²) in [6.07, 6.45) is 0.912. The molecule has 0 radical (unpaired) electrons. The predicted molar refractivity (Wildman–Crippen MR) is 84.5 cm³/mol. The summed E-state index contributed by atoms with van der Waals surface area (Å²) in [5.41, 5.74) is 7.88. The first-order valence-corrected chi connectivity index (χ1v) is 7.28. The van der Waals surface area contributed by atoms with Gasteiger partial charge in [-0.05, 0) is 36.2 Å². The Kier molecular flexibility index (Phi) is 5.30. The maximum atomic E-state index is 6.10. The quantitative estimate of drug-likeness (QED) is 0.845. The number of halogens is 2. The molecule has 0 aromatic heterocycles. The number of ether oxygens (including phenoxy) is 1. The summed E-state index contributed by atoms with van der Waals surface area (Å²) in [5.74, 6) is 0.771. The van der Waals surface area contributed by atoms with Crippen molar-refractivity contribution in [2.24, 2.45) is 5.73 Å². The molecule has 0 unspecified atom stereocenters. The van der Waals surface area contributed by atoms with E-state index in [0.717, 1.165) is 23.3 Å². The molecule has 0 bridgehead atoms. The average molecular weight is 310 g/mol. The molecule has 20 heavy (non-hydrogen) atoms. The van der Waals surface area contributed by atoms with Gasteiger partial charge in [-0.1, -0.05) is 48.3 Å². The lowest BCUT2D eigenvalue weighted by Crippen LogP contribution is -2.08. The number of hydrogen-bond donors (Lipinski definition) is 1. The van der Waals surface area contributed by atoms with E-state index in [9.17, 15) is 0 Å². The highest BCUT2D eigenvalue weighted by Gasteiger charge is 2.07. The second-order valence-electron chi connectivity index (χ2n) is 4.57. The van der Waals surface area contributed by atoms with Crippen molar-refractivity contribution < 1.29 is 4.74 Å². The molecular weight excluding hydrogens is 293 g/mol. The minimum Gasteiger partial charge on any atom is -0.489 e. The third-order valence-electron chi connectivity index (χ3n) is 3.19. The van der Waals surface area contributed by atoms with Gasteiger partial charge in [0, 0.05) is 21.7 Å². The second-order valence-corrected chi connectivity index (χ2v) is 5.39. The zero-order valence-electron chi connectivity index (χ0n) is 11.3. The predicted octanol–water partition coefficient (Wildman–Crippen LogP) is 4.98. The SMILES string of the molecule is CC[C@@H](N)c1ccc(OCc2c(Cl)cccc2Cl)cc1. The van der Waals surface area contributed by atoms with E-state index in [0.29, 0.717) is 16.7 Å². The van der Waals surface area contributed by atoms with Gasteiger partial charge in [0.2, 0.25) is 0 Å². The van der Waals surface area contributed by atoms with Gasteiger partial charge in [0.15, 0.2) is 0 Å². The molecule has 2 N–H and O–H groups in total. The lowest BCUT2D eigenvalue weighted by Gasteiger charge is -2.12. The maximum Gasteiger partial charge on any atom is 0.119 e. The molecule has 0 saturated heterocycles. The highest BCUT2D eigenvalue weighted by Crippen LogP contribution is 2.26. The molecule has 2 nitrogen and oxygen atoms in total. The Bertz CT molecular complexity index is 549. The number of hydrogen-bond acceptors (Lipinski definition) is 2. The van der Waals surface area contributed by atoms with Crippen molar-refractivity contribution in [3.8, 4) is 5.75 Å². The molecule has 0 aliphatic carbocycles. The smallest absolute Gasteiger partial charge is 0.119 e. The molecule has 2 aromatic rings. The second kappa shape index (κ2) is 6.98. The van der Waals surface area contributed by atoms with Crippen LogP contribution in [0.25, 0.3) is 0 Å². The Morgan fingerprint density at radius 3 is 2.20 bits per heavy atom. The largest absolute Gasteiger partial charge is 0.489 e. The number of rotatable bonds is 5. The molecule has 2 aromatic carbocycles. The summed E-state index contributed by atoms with van der Waals surface area (Å²) in [7, 11) is 0. The van der Waals surface area contributed by atoms with Crippen molar-refractivity contribution in [1.82, 2.24) is 0 Å². The maximum absolute atomic E-state index is 6.10. The minimum absolute atomic E-state index is 0.0714. The third-order valence-corrected chi connectivity index (χ3v) is 3.90. The standard InChI is InChI=1S/C16H17Cl2NO/c1-2-16(19)11-6-8-12(9-7-11)20-10-13-14(17)4-3-5-15(13)18/h3-9,16H,2,10,19H2,1H3/t16-/m1/s1. The number of nitrogens with two attached hydrogens (primary N) is 1. The van der Waals surface area contributed by atoms with Crippen LogP contribution < -0.4 is 10.5 Å². The van der Waals surface area contributed by atoms with Crippen LogP contribution in [0, 0.1) is 0 Å². The monoisotopic (exact) mass is 309 g/mol. The van der Waals surface area contributed by atoms with Crippen molar-refractivity contribution in [2.45, 2.75) is 26.0 Å². The molecule has 2 rings (SSSR count). The van der Waals surface area contributed by atoms with Crippen LogP contribution in [-0.4, -0.2) is 0 Å². The Morgan fingerprint density at radius 2 is 1.65 bits per heavy atom. The summed E-state index contributed by atoms with van der Waals surface area (Å²) in [5, 5.41) is 1.23. The molecular formula is C16H17Cl2NO. The molecule has 0 spiro atoms. The minimum atomic E-state index is 0.0714. The molecule has 0 saturated carbocycles. The Morgan fingerprint density at radius 1 is 1.05 bits per heavy atom. The first-order chi connectivity index (χ1) is 9.61. The summed E-state index contributed by atoms with van der Waals surface area (Å²) in [4.78, 5) is 0. The van der Waals surface area contributed by atoms with Crippen molar-refractivity contribution in [3.63, 3.8) is 0 Å². The van der Waals surface area contributed by atoms with E-state index in [1.165, 1.54) is 0 Å². The van der Waals surface area contributed by atoms with Gasteiger partial charge >= 0.3 is 0 Å². The van der Waals surface area contributed by atoms with Gasteiger partial charge in [-0.2, -0.15) is 0 Å². The van der Waals surface area contributed by atoms with Gasteiger partial charge < -0.3 is 10.5 Å². The molecule has 0 aliphatic heterocycles. The Labute approximate surface area is 129 Å². The molecule has 0 fully saturated rings. The van der Waals surface area contributed by atoms with Crippen LogP contribution in [0.15, 0.2) is 42.5 Å². The first-order valence-electron chi connectivity index (χ1n) is 6.53. The van der Waals surface area contributed by atoms with E-state index in [1.54, 1.807) is 12.1 Å². The molecule has 0 heterocycles. The third kappa shape index (κ3) is 3.66. The van der Waals surface area contributed by atoms with Crippen molar-refractivity contribution in [2.75, 3.05) is 0 Å². The van der Waals surface area contributed by atoms with E-state index in [4.69, 9.17) is 33.7 Å². The fraction of sp³-hybridized carbons (Fsp3) is 0.250. The van der Waals surface area contributed by atoms with Crippen molar-refractivity contribution in [1.29, 1.82) is 0 Å². The van der Waals surface area contributed by atoms with Gasteiger partial charge in [0.25, 0.3) is 0 Å². The zero-order chi connectivity index (χ0) is 14.5. The number of benzene rings is 2. The fourth-order valence-electron chi connectivity index (χ4n) is 1.87. The van der Waals surface area contributed by atoms with Crippen LogP contribution in [0.1, 0.15) is 30.5 Å². The van der Waals surface area contributed by atoms with Crippen LogP contribution in [0.5, 0.6) is 5.75 Å². The normalized spacial score (nSPS) is 12.2. The Balaban J connectivity index is 2.04. The topological polar surface area (TPSA) is 35.2 Å². The van der Waals surface area contributed by atoms with Crippen LogP contribution in [0.4, 0.5) is 0 Å². The summed E-state index contributed by atoms with van der Waals surface area (Å²) in [6, 6.07) is 13.3. The molecule has 4 heteroatoms. The molecule has 106 valence electrons. The summed E-state index contributed by atoms with van der Waals surface area (Å²) < 4.78 is 5.71. The molecule has 0 aliphatic rings. The molecule has 1 atom stereocenters. The van der Waals surface area contributed by atoms with Crippen LogP contribution in [0.2, 0.25) is 10.0 Å².